The summed E-state index contributed by atoms with van der Waals surface area (Å²) in [5, 5.41) is 14.1. The van der Waals surface area contributed by atoms with Crippen molar-refractivity contribution in [3.8, 4) is 0 Å². The van der Waals surface area contributed by atoms with Crippen molar-refractivity contribution in [2.75, 3.05) is 6.61 Å². The van der Waals surface area contributed by atoms with Crippen molar-refractivity contribution in [1.29, 1.82) is 0 Å². The topological polar surface area (TPSA) is 50.7 Å². The van der Waals surface area contributed by atoms with Gasteiger partial charge in [0, 0.05) is 6.54 Å². The molecule has 0 spiro atoms. The summed E-state index contributed by atoms with van der Waals surface area (Å²) in [5.74, 6) is 0. The number of rotatable bonds is 9. The summed E-state index contributed by atoms with van der Waals surface area (Å²) in [4.78, 5) is 0. The Kier molecular flexibility index (Phi) is 6.97. The average Bonchev–Trinajstić information content (AvgIpc) is 2.97. The van der Waals surface area contributed by atoms with Gasteiger partial charge in [0.05, 0.1) is 37.6 Å². The molecule has 2 N–H and O–H groups in total. The molecule has 4 atom stereocenters. The molecule has 1 heterocycles. The number of hydrogen-bond donors (Lipinski definition) is 2. The molecule has 2 aromatic rings. The first-order valence-corrected chi connectivity index (χ1v) is 9.11. The molecule has 26 heavy (non-hydrogen) atoms. The average molecular weight is 353 g/mol. The van der Waals surface area contributed by atoms with Gasteiger partial charge in [-0.25, -0.2) is 0 Å². The lowest BCUT2D eigenvalue weighted by atomic mass is 10.0. The zero-order valence-electron chi connectivity index (χ0n) is 15.0. The Balaban J connectivity index is 1.57. The molecule has 138 valence electrons. The summed E-state index contributed by atoms with van der Waals surface area (Å²) in [5.41, 5.74) is 2.30. The fourth-order valence-corrected chi connectivity index (χ4v) is 3.29. The van der Waals surface area contributed by atoms with Crippen LogP contribution in [0.15, 0.2) is 73.3 Å². The van der Waals surface area contributed by atoms with Gasteiger partial charge >= 0.3 is 0 Å². The predicted molar refractivity (Wildman–Crippen MR) is 103 cm³/mol. The van der Waals surface area contributed by atoms with Crippen LogP contribution in [0.3, 0.4) is 0 Å². The molecule has 4 nitrogen and oxygen atoms in total. The van der Waals surface area contributed by atoms with E-state index in [1.807, 2.05) is 48.5 Å². The van der Waals surface area contributed by atoms with E-state index in [0.29, 0.717) is 26.2 Å². The van der Waals surface area contributed by atoms with Crippen LogP contribution in [0.1, 0.15) is 17.5 Å². The standard InChI is InChI=1S/C22H27NO3/c1-2-9-19-22(24)21(23-14-17-10-5-3-6-11-17)20(26-19)16-25-15-18-12-7-4-8-13-18/h2-8,10-13,19-24H,1,9,14-16H2/t19-,20+,21+,22-/m0/s1. The smallest absolute Gasteiger partial charge is 0.0992 e. The Bertz CT molecular complexity index is 662. The number of nitrogens with one attached hydrogen (secondary N) is 1. The third-order valence-electron chi connectivity index (χ3n) is 4.68. The summed E-state index contributed by atoms with van der Waals surface area (Å²) in [6, 6.07) is 20.0. The molecule has 1 fully saturated rings. The van der Waals surface area contributed by atoms with Crippen LogP contribution >= 0.6 is 0 Å². The van der Waals surface area contributed by atoms with E-state index in [-0.39, 0.29) is 18.2 Å². The minimum absolute atomic E-state index is 0.170. The van der Waals surface area contributed by atoms with Gasteiger partial charge in [0.25, 0.3) is 0 Å². The fourth-order valence-electron chi connectivity index (χ4n) is 3.29. The van der Waals surface area contributed by atoms with Crippen LogP contribution in [0.4, 0.5) is 0 Å². The maximum Gasteiger partial charge on any atom is 0.0992 e. The zero-order valence-corrected chi connectivity index (χ0v) is 15.0. The molecular formula is C22H27NO3. The van der Waals surface area contributed by atoms with Gasteiger partial charge < -0.3 is 19.9 Å². The second kappa shape index (κ2) is 9.64. The summed E-state index contributed by atoms with van der Waals surface area (Å²) < 4.78 is 11.9. The lowest BCUT2D eigenvalue weighted by molar-refractivity contribution is -0.0320. The maximum absolute atomic E-state index is 10.7. The van der Waals surface area contributed by atoms with Gasteiger partial charge in [-0.3, -0.25) is 0 Å². The second-order valence-electron chi connectivity index (χ2n) is 6.62. The van der Waals surface area contributed by atoms with Gasteiger partial charge in [0.2, 0.25) is 0 Å². The zero-order chi connectivity index (χ0) is 18.2. The minimum Gasteiger partial charge on any atom is -0.389 e. The van der Waals surface area contributed by atoms with Crippen molar-refractivity contribution in [3.63, 3.8) is 0 Å². The Morgan fingerprint density at radius 1 is 1.00 bits per heavy atom. The minimum atomic E-state index is -0.581. The number of hydrogen-bond acceptors (Lipinski definition) is 4. The van der Waals surface area contributed by atoms with Gasteiger partial charge in [-0.15, -0.1) is 6.58 Å². The lowest BCUT2D eigenvalue weighted by Crippen LogP contribution is -2.46. The molecule has 0 saturated carbocycles. The van der Waals surface area contributed by atoms with Crippen LogP contribution in [-0.4, -0.2) is 36.1 Å². The number of benzene rings is 2. The number of aliphatic hydroxyl groups is 1. The van der Waals surface area contributed by atoms with E-state index in [0.717, 1.165) is 5.56 Å². The van der Waals surface area contributed by atoms with E-state index in [9.17, 15) is 5.11 Å². The first kappa shape index (κ1) is 18.8. The molecule has 1 aliphatic rings. The molecule has 0 aliphatic carbocycles. The van der Waals surface area contributed by atoms with Crippen LogP contribution in [0.5, 0.6) is 0 Å². The normalized spacial score (nSPS) is 25.3. The first-order valence-electron chi connectivity index (χ1n) is 9.11. The summed E-state index contributed by atoms with van der Waals surface area (Å²) in [6.07, 6.45) is 1.39. The van der Waals surface area contributed by atoms with Gasteiger partial charge in [-0.2, -0.15) is 0 Å². The highest BCUT2D eigenvalue weighted by Crippen LogP contribution is 2.25. The van der Waals surface area contributed by atoms with Crippen LogP contribution in [0.2, 0.25) is 0 Å². The van der Waals surface area contributed by atoms with Crippen molar-refractivity contribution < 1.29 is 14.6 Å². The summed E-state index contributed by atoms with van der Waals surface area (Å²) in [6.45, 7) is 5.42. The molecule has 0 unspecified atom stereocenters. The highest BCUT2D eigenvalue weighted by molar-refractivity contribution is 5.15. The third kappa shape index (κ3) is 5.02. The van der Waals surface area contributed by atoms with Gasteiger partial charge in [-0.05, 0) is 17.5 Å². The van der Waals surface area contributed by atoms with E-state index < -0.39 is 6.10 Å². The second-order valence-corrected chi connectivity index (χ2v) is 6.62. The SMILES string of the molecule is C=CC[C@@H]1O[C@H](COCc2ccccc2)[C@@H](NCc2ccccc2)[C@H]1O. The largest absolute Gasteiger partial charge is 0.389 e. The molecule has 4 heteroatoms. The number of aliphatic hydroxyl groups excluding tert-OH is 1. The van der Waals surface area contributed by atoms with Crippen molar-refractivity contribution in [2.45, 2.75) is 43.9 Å². The van der Waals surface area contributed by atoms with Gasteiger partial charge in [0.1, 0.15) is 0 Å². The Morgan fingerprint density at radius 3 is 2.31 bits per heavy atom. The Labute approximate surface area is 155 Å². The molecule has 0 radical (unpaired) electrons. The highest BCUT2D eigenvalue weighted by Gasteiger charge is 2.42. The van der Waals surface area contributed by atoms with Gasteiger partial charge in [-0.1, -0.05) is 66.7 Å². The predicted octanol–water partition coefficient (Wildman–Crippen LogP) is 3.07. The molecule has 1 saturated heterocycles. The summed E-state index contributed by atoms with van der Waals surface area (Å²) in [7, 11) is 0. The van der Waals surface area contributed by atoms with Crippen molar-refractivity contribution in [2.24, 2.45) is 0 Å². The fraction of sp³-hybridized carbons (Fsp3) is 0.364. The third-order valence-corrected chi connectivity index (χ3v) is 4.68. The van der Waals surface area contributed by atoms with Crippen molar-refractivity contribution >= 4 is 0 Å². The molecule has 0 amide bonds. The van der Waals surface area contributed by atoms with Crippen LogP contribution in [0, 0.1) is 0 Å². The van der Waals surface area contributed by atoms with E-state index >= 15 is 0 Å². The molecular weight excluding hydrogens is 326 g/mol. The van der Waals surface area contributed by atoms with Crippen LogP contribution in [-0.2, 0) is 22.6 Å². The number of ether oxygens (including phenoxy) is 2. The summed E-state index contributed by atoms with van der Waals surface area (Å²) >= 11 is 0. The lowest BCUT2D eigenvalue weighted by Gasteiger charge is -2.22. The molecule has 0 bridgehead atoms. The van der Waals surface area contributed by atoms with E-state index in [1.54, 1.807) is 6.08 Å². The maximum atomic E-state index is 10.7. The molecule has 1 aliphatic heterocycles. The van der Waals surface area contributed by atoms with Crippen LogP contribution < -0.4 is 5.32 Å². The van der Waals surface area contributed by atoms with E-state index in [2.05, 4.69) is 24.0 Å². The Hall–Kier alpha value is -1.98. The van der Waals surface area contributed by atoms with Crippen molar-refractivity contribution in [3.05, 3.63) is 84.4 Å². The van der Waals surface area contributed by atoms with Gasteiger partial charge in [0.15, 0.2) is 0 Å². The molecule has 0 aromatic heterocycles. The van der Waals surface area contributed by atoms with E-state index in [1.165, 1.54) is 5.56 Å². The first-order chi connectivity index (χ1) is 12.8. The molecule has 2 aromatic carbocycles. The Morgan fingerprint density at radius 2 is 1.65 bits per heavy atom. The van der Waals surface area contributed by atoms with E-state index in [4.69, 9.17) is 9.47 Å². The quantitative estimate of drug-likeness (QED) is 0.680. The highest BCUT2D eigenvalue weighted by atomic mass is 16.6. The monoisotopic (exact) mass is 353 g/mol. The molecule has 3 rings (SSSR count). The van der Waals surface area contributed by atoms with Crippen LogP contribution in [0.25, 0.3) is 0 Å². The van der Waals surface area contributed by atoms with Crippen molar-refractivity contribution in [1.82, 2.24) is 5.32 Å².